The Morgan fingerprint density at radius 3 is 2.69 bits per heavy atom. The molecule has 2 aliphatic heterocycles. The molecular weight excluding hydrogens is 373 g/mol. The average Bonchev–Trinajstić information content (AvgIpc) is 3.23. The summed E-state index contributed by atoms with van der Waals surface area (Å²) in [7, 11) is 1.87. The number of carbonyl (C=O) groups is 1. The number of hydrogen-bond donors (Lipinski definition) is 2. The number of pyridine rings is 1. The van der Waals surface area contributed by atoms with E-state index in [1.807, 2.05) is 24.9 Å². The molecule has 0 radical (unpaired) electrons. The van der Waals surface area contributed by atoms with Crippen molar-refractivity contribution in [1.82, 2.24) is 14.8 Å². The van der Waals surface area contributed by atoms with Crippen molar-refractivity contribution in [1.29, 1.82) is 0 Å². The lowest BCUT2D eigenvalue weighted by Gasteiger charge is -2.27. The predicted molar refractivity (Wildman–Crippen MR) is 108 cm³/mol. The van der Waals surface area contributed by atoms with E-state index in [-0.39, 0.29) is 41.5 Å². The van der Waals surface area contributed by atoms with Crippen LogP contribution >= 0.6 is 0 Å². The molecule has 0 saturated carbocycles. The molecule has 2 N–H and O–H groups in total. The molecule has 29 heavy (non-hydrogen) atoms. The van der Waals surface area contributed by atoms with Gasteiger partial charge in [0.25, 0.3) is 5.56 Å². The van der Waals surface area contributed by atoms with E-state index in [2.05, 4.69) is 5.32 Å². The summed E-state index contributed by atoms with van der Waals surface area (Å²) in [5.41, 5.74) is 1.19. The first-order chi connectivity index (χ1) is 14.0. The number of aromatic nitrogens is 1. The summed E-state index contributed by atoms with van der Waals surface area (Å²) >= 11 is 0. The van der Waals surface area contributed by atoms with Crippen LogP contribution in [0.5, 0.6) is 0 Å². The van der Waals surface area contributed by atoms with Gasteiger partial charge >= 0.3 is 0 Å². The predicted octanol–water partition coefficient (Wildman–Crippen LogP) is 1.77. The molecule has 154 valence electrons. The zero-order valence-electron chi connectivity index (χ0n) is 16.6. The zero-order chi connectivity index (χ0) is 20.7. The highest BCUT2D eigenvalue weighted by Crippen LogP contribution is 2.48. The van der Waals surface area contributed by atoms with E-state index < -0.39 is 11.9 Å². The van der Waals surface area contributed by atoms with E-state index in [1.54, 1.807) is 28.8 Å². The van der Waals surface area contributed by atoms with Crippen LogP contribution in [0.1, 0.15) is 25.1 Å². The number of hydrogen-bond acceptors (Lipinski definition) is 4. The molecule has 4 atom stereocenters. The molecule has 0 aliphatic carbocycles. The van der Waals surface area contributed by atoms with Crippen LogP contribution in [-0.4, -0.2) is 46.7 Å². The molecular formula is C22H26FN3O3. The number of nitrogens with one attached hydrogen (secondary N) is 1. The Bertz CT molecular complexity index is 990. The minimum Gasteiger partial charge on any atom is -0.396 e. The van der Waals surface area contributed by atoms with Crippen molar-refractivity contribution >= 4 is 5.91 Å². The Kier molecular flexibility index (Phi) is 5.27. The fourth-order valence-electron chi connectivity index (χ4n) is 5.01. The minimum atomic E-state index is -0.434. The molecule has 2 aliphatic rings. The van der Waals surface area contributed by atoms with Crippen molar-refractivity contribution in [3.63, 3.8) is 0 Å². The van der Waals surface area contributed by atoms with Crippen LogP contribution in [0.4, 0.5) is 4.39 Å². The highest BCUT2D eigenvalue weighted by Gasteiger charge is 2.54. The third-order valence-electron chi connectivity index (χ3n) is 6.34. The summed E-state index contributed by atoms with van der Waals surface area (Å²) in [4.78, 5) is 27.8. The monoisotopic (exact) mass is 399 g/mol. The first kappa shape index (κ1) is 19.8. The molecule has 1 aromatic carbocycles. The molecule has 1 saturated heterocycles. The molecule has 3 heterocycles. The number of aliphatic hydroxyl groups excluding tert-OH is 1. The van der Waals surface area contributed by atoms with Gasteiger partial charge in [-0.05, 0) is 31.7 Å². The van der Waals surface area contributed by atoms with Gasteiger partial charge in [0.15, 0.2) is 0 Å². The van der Waals surface area contributed by atoms with Crippen molar-refractivity contribution in [2.24, 2.45) is 11.8 Å². The second kappa shape index (κ2) is 7.72. The molecule has 2 aromatic rings. The fraction of sp³-hybridized carbons (Fsp3) is 0.455. The Balaban J connectivity index is 1.72. The van der Waals surface area contributed by atoms with Crippen molar-refractivity contribution in [3.8, 4) is 11.1 Å². The molecule has 1 fully saturated rings. The van der Waals surface area contributed by atoms with Gasteiger partial charge in [-0.15, -0.1) is 0 Å². The van der Waals surface area contributed by atoms with Crippen LogP contribution in [0.25, 0.3) is 11.1 Å². The number of nitrogens with zero attached hydrogens (tertiary/aromatic N) is 2. The van der Waals surface area contributed by atoms with Gasteiger partial charge in [0.2, 0.25) is 5.91 Å². The first-order valence-corrected chi connectivity index (χ1v) is 10.1. The number of benzene rings is 1. The smallest absolute Gasteiger partial charge is 0.258 e. The van der Waals surface area contributed by atoms with Gasteiger partial charge in [0.05, 0.1) is 17.6 Å². The summed E-state index contributed by atoms with van der Waals surface area (Å²) < 4.78 is 15.9. The minimum absolute atomic E-state index is 0.0500. The molecule has 0 spiro atoms. The third kappa shape index (κ3) is 3.09. The summed E-state index contributed by atoms with van der Waals surface area (Å²) in [5, 5.41) is 13.0. The Morgan fingerprint density at radius 2 is 2.00 bits per heavy atom. The molecule has 0 unspecified atom stereocenters. The summed E-state index contributed by atoms with van der Waals surface area (Å²) in [6.45, 7) is 2.87. The maximum atomic E-state index is 14.2. The quantitative estimate of drug-likeness (QED) is 0.804. The number of carbonyl (C=O) groups excluding carboxylic acids is 1. The van der Waals surface area contributed by atoms with Crippen molar-refractivity contribution < 1.29 is 14.3 Å². The molecule has 7 heteroatoms. The lowest BCUT2D eigenvalue weighted by molar-refractivity contribution is -0.127. The van der Waals surface area contributed by atoms with Gasteiger partial charge in [-0.2, -0.15) is 0 Å². The van der Waals surface area contributed by atoms with E-state index in [4.69, 9.17) is 0 Å². The Labute approximate surface area is 169 Å². The highest BCUT2D eigenvalue weighted by molar-refractivity contribution is 5.82. The summed E-state index contributed by atoms with van der Waals surface area (Å²) in [6, 6.07) is 9.20. The standard InChI is InChI=1S/C22H26FN3O3/c1-3-10-24-21(28)20-16(12-27)15-11-26-18(19(15)25(20)2)9-8-14(22(26)29)13-6-4-5-7-17(13)23/h4-9,15-16,19-20,27H,3,10-12H2,1-2H3,(H,24,28)/t15-,16-,19+,20-/m0/s1. The van der Waals surface area contributed by atoms with Crippen LogP contribution in [-0.2, 0) is 11.3 Å². The van der Waals surface area contributed by atoms with Crippen LogP contribution in [0.2, 0.25) is 0 Å². The highest BCUT2D eigenvalue weighted by atomic mass is 19.1. The molecule has 1 amide bonds. The van der Waals surface area contributed by atoms with Crippen LogP contribution < -0.4 is 10.9 Å². The molecule has 4 rings (SSSR count). The maximum absolute atomic E-state index is 14.2. The summed E-state index contributed by atoms with van der Waals surface area (Å²) in [6.07, 6.45) is 0.843. The fourth-order valence-corrected chi connectivity index (χ4v) is 5.01. The van der Waals surface area contributed by atoms with E-state index in [0.717, 1.165) is 12.1 Å². The van der Waals surface area contributed by atoms with Gasteiger partial charge in [-0.3, -0.25) is 14.5 Å². The first-order valence-electron chi connectivity index (χ1n) is 10.1. The molecule has 6 nitrogen and oxygen atoms in total. The number of halogens is 1. The maximum Gasteiger partial charge on any atom is 0.258 e. The van der Waals surface area contributed by atoms with Crippen LogP contribution in [0, 0.1) is 17.7 Å². The van der Waals surface area contributed by atoms with Crippen molar-refractivity contribution in [3.05, 3.63) is 58.3 Å². The van der Waals surface area contributed by atoms with E-state index in [1.165, 1.54) is 6.07 Å². The lowest BCUT2D eigenvalue weighted by Crippen LogP contribution is -2.47. The topological polar surface area (TPSA) is 74.6 Å². The normalized spacial score (nSPS) is 25.7. The number of aliphatic hydroxyl groups is 1. The number of likely N-dealkylation sites (N-methyl/N-ethyl adjacent to an activating group) is 1. The van der Waals surface area contributed by atoms with Gasteiger partial charge in [-0.1, -0.05) is 25.1 Å². The second-order valence-corrected chi connectivity index (χ2v) is 7.92. The number of fused-ring (bicyclic) bond motifs is 3. The van der Waals surface area contributed by atoms with E-state index in [9.17, 15) is 19.1 Å². The largest absolute Gasteiger partial charge is 0.396 e. The van der Waals surface area contributed by atoms with Gasteiger partial charge in [-0.25, -0.2) is 4.39 Å². The second-order valence-electron chi connectivity index (χ2n) is 7.92. The SMILES string of the molecule is CCCNC(=O)[C@@H]1[C@@H](CO)[C@@H]2Cn3c(ccc(-c4ccccc4F)c3=O)[C@@H]2N1C. The number of amides is 1. The zero-order valence-corrected chi connectivity index (χ0v) is 16.6. The van der Waals surface area contributed by atoms with E-state index >= 15 is 0 Å². The van der Waals surface area contributed by atoms with E-state index in [0.29, 0.717) is 18.7 Å². The summed E-state index contributed by atoms with van der Waals surface area (Å²) in [5.74, 6) is -0.829. The van der Waals surface area contributed by atoms with Crippen molar-refractivity contribution in [2.75, 3.05) is 20.2 Å². The van der Waals surface area contributed by atoms with Gasteiger partial charge in [0.1, 0.15) is 5.82 Å². The van der Waals surface area contributed by atoms with Crippen molar-refractivity contribution in [2.45, 2.75) is 32.0 Å². The van der Waals surface area contributed by atoms with Crippen LogP contribution in [0.15, 0.2) is 41.2 Å². The lowest BCUT2D eigenvalue weighted by atomic mass is 9.88. The van der Waals surface area contributed by atoms with Gasteiger partial charge in [0, 0.05) is 42.8 Å². The third-order valence-corrected chi connectivity index (χ3v) is 6.34. The molecule has 1 aromatic heterocycles. The van der Waals surface area contributed by atoms with Gasteiger partial charge < -0.3 is 15.0 Å². The Hall–Kier alpha value is -2.51. The van der Waals surface area contributed by atoms with Crippen LogP contribution in [0.3, 0.4) is 0 Å². The number of likely N-dealkylation sites (tertiary alicyclic amines) is 1. The average molecular weight is 399 g/mol. The molecule has 0 bridgehead atoms. The number of rotatable bonds is 5. The Morgan fingerprint density at radius 1 is 1.24 bits per heavy atom.